The SMILES string of the molecule is Cc1cccc(C[C@H](N[C-]=O)C(=O)O)c1.[Fm]. The van der Waals surface area contributed by atoms with Gasteiger partial charge in [0.15, 0.2) is 0 Å². The Morgan fingerprint density at radius 2 is 2.25 bits per heavy atom. The van der Waals surface area contributed by atoms with E-state index in [0.29, 0.717) is 0 Å². The van der Waals surface area contributed by atoms with Crippen molar-refractivity contribution >= 4 is 12.4 Å². The molecule has 0 saturated heterocycles. The molecule has 1 atom stereocenters. The predicted molar refractivity (Wildman–Crippen MR) is 55.1 cm³/mol. The molecule has 5 heteroatoms. The minimum Gasteiger partial charge on any atom is -0.520 e. The van der Waals surface area contributed by atoms with Gasteiger partial charge in [-0.2, -0.15) is 6.41 Å². The molecule has 92 valence electrons. The van der Waals surface area contributed by atoms with Crippen molar-refractivity contribution in [2.75, 3.05) is 0 Å². The first-order chi connectivity index (χ1) is 7.13. The molecule has 1 amide bonds. The molecule has 16 heavy (non-hydrogen) atoms. The van der Waals surface area contributed by atoms with E-state index in [1.165, 1.54) is 6.41 Å². The third kappa shape index (κ3) is 3.49. The summed E-state index contributed by atoms with van der Waals surface area (Å²) in [6, 6.07) is 6.59. The van der Waals surface area contributed by atoms with Crippen molar-refractivity contribution in [2.24, 2.45) is 0 Å². The Hall–Kier alpha value is -2.84. The van der Waals surface area contributed by atoms with E-state index in [9.17, 15) is 9.59 Å². The summed E-state index contributed by atoms with van der Waals surface area (Å²) in [5.41, 5.74) is 1.94. The van der Waals surface area contributed by atoms with Crippen LogP contribution in [0.3, 0.4) is 0 Å². The number of amides is 1. The van der Waals surface area contributed by atoms with E-state index in [1.54, 1.807) is 0 Å². The van der Waals surface area contributed by atoms with Gasteiger partial charge in [-0.15, -0.1) is 0 Å². The van der Waals surface area contributed by atoms with Gasteiger partial charge in [-0.1, -0.05) is 29.8 Å². The Labute approximate surface area is 87.9 Å². The number of benzene rings is 1. The fourth-order valence-corrected chi connectivity index (χ4v) is 1.35. The molecule has 0 aliphatic rings. The van der Waals surface area contributed by atoms with Crippen LogP contribution in [0.1, 0.15) is 11.1 Å². The molecule has 1 rings (SSSR count). The van der Waals surface area contributed by atoms with Gasteiger partial charge in [0.1, 0.15) is 6.04 Å². The van der Waals surface area contributed by atoms with Gasteiger partial charge in [0.2, 0.25) is 0 Å². The number of rotatable bonds is 5. The second-order valence-electron chi connectivity index (χ2n) is 3.33. The summed E-state index contributed by atoms with van der Waals surface area (Å²) >= 11 is 0. The largest absolute Gasteiger partial charge is 0.520 e. The summed E-state index contributed by atoms with van der Waals surface area (Å²) in [5.74, 6) is -1.06. The summed E-state index contributed by atoms with van der Waals surface area (Å²) < 4.78 is 0. The molecule has 0 aliphatic heterocycles. The molecule has 1 aromatic rings. The molecular weight excluding hydrogens is 451 g/mol. The van der Waals surface area contributed by atoms with Crippen molar-refractivity contribution in [1.29, 1.82) is 0 Å². The monoisotopic (exact) mass is 463 g/mol. The molecule has 2 N–H and O–H groups in total. The molecule has 0 heterocycles. The maximum Gasteiger partial charge on any atom is 0.323 e. The van der Waals surface area contributed by atoms with Gasteiger partial charge in [0, 0.05) is 6.42 Å². The van der Waals surface area contributed by atoms with Crippen LogP contribution in [0.5, 0.6) is 0 Å². The van der Waals surface area contributed by atoms with Crippen molar-refractivity contribution < 1.29 is 14.7 Å². The van der Waals surface area contributed by atoms with Crippen LogP contribution >= 0.6 is 0 Å². The molecule has 0 fully saturated rings. The molecule has 1 aromatic carbocycles. The summed E-state index contributed by atoms with van der Waals surface area (Å²) in [6.45, 7) is 1.93. The number of carboxylic acids is 1. The van der Waals surface area contributed by atoms with Crippen LogP contribution in [0.25, 0.3) is 0 Å². The van der Waals surface area contributed by atoms with Gasteiger partial charge >= 0.3 is 5.97 Å². The van der Waals surface area contributed by atoms with Crippen LogP contribution in [0.2, 0.25) is 0 Å². The van der Waals surface area contributed by atoms with Crippen molar-refractivity contribution in [2.45, 2.75) is 19.4 Å². The Morgan fingerprint density at radius 1 is 1.56 bits per heavy atom. The molecule has 0 unspecified atom stereocenters. The average molecular weight is 463 g/mol. The number of hydrogen-bond donors (Lipinski definition) is 2. The maximum absolute atomic E-state index is 10.7. The number of aliphatic carboxylic acids is 1. The topological polar surface area (TPSA) is 66.4 Å². The normalized spacial score (nSPS) is 11.1. The number of hydrogen-bond acceptors (Lipinski definition) is 2. The third-order valence-electron chi connectivity index (χ3n) is 2.05. The Bertz CT molecular complexity index is 368. The molecule has 0 radical (unpaired) electrons. The van der Waals surface area contributed by atoms with E-state index in [4.69, 9.17) is 5.11 Å². The van der Waals surface area contributed by atoms with Crippen molar-refractivity contribution in [3.8, 4) is 0 Å². The van der Waals surface area contributed by atoms with Crippen LogP contribution in [0.4, 0.5) is 0 Å². The fraction of sp³-hybridized carbons (Fsp3) is 0.273. The quantitative estimate of drug-likeness (QED) is 0.498. The average Bonchev–Trinajstić information content (AvgIpc) is 2.17. The van der Waals surface area contributed by atoms with Crippen molar-refractivity contribution in [3.63, 3.8) is 0 Å². The Morgan fingerprint density at radius 3 is 2.75 bits per heavy atom. The molecule has 0 spiro atoms. The van der Waals surface area contributed by atoms with Gasteiger partial charge in [-0.3, -0.25) is 4.79 Å². The van der Waals surface area contributed by atoms with Gasteiger partial charge in [-0.05, 0) is 12.5 Å². The number of carboxylic acid groups (broad SMARTS) is 1. The van der Waals surface area contributed by atoms with Crippen LogP contribution in [-0.2, 0) is 16.0 Å². The first-order valence-corrected chi connectivity index (χ1v) is 4.54. The minimum absolute atomic E-state index is 0. The summed E-state index contributed by atoms with van der Waals surface area (Å²) in [7, 11) is 0. The first-order valence-electron chi connectivity index (χ1n) is 4.54. The Kier molecular flexibility index (Phi) is 4.77. The second kappa shape index (κ2) is 5.80. The van der Waals surface area contributed by atoms with Gasteiger partial charge in [-0.25, -0.2) is 0 Å². The van der Waals surface area contributed by atoms with Gasteiger partial charge < -0.3 is 15.2 Å². The van der Waals surface area contributed by atoms with E-state index in [-0.39, 0.29) is 6.42 Å². The number of carbonyl (C=O) groups excluding carboxylic acids is 1. The molecule has 0 aliphatic carbocycles. The molecular formula is C11H12FmNO3-. The van der Waals surface area contributed by atoms with E-state index in [2.05, 4.69) is 5.32 Å². The molecule has 0 bridgehead atoms. The summed E-state index contributed by atoms with van der Waals surface area (Å²) in [5, 5.41) is 10.9. The molecule has 0 aromatic heterocycles. The van der Waals surface area contributed by atoms with Gasteiger partial charge in [0.25, 0.3) is 0 Å². The Balaban J connectivity index is 0.00000225. The van der Waals surface area contributed by atoms with Crippen LogP contribution in [0.15, 0.2) is 24.3 Å². The summed E-state index contributed by atoms with van der Waals surface area (Å²) in [6.07, 6.45) is 1.67. The van der Waals surface area contributed by atoms with Gasteiger partial charge in [0.05, 0.1) is 0 Å². The summed E-state index contributed by atoms with van der Waals surface area (Å²) in [4.78, 5) is 20.8. The predicted octanol–water partition coefficient (Wildman–Crippen LogP) is 0.648. The minimum atomic E-state index is -1.06. The van der Waals surface area contributed by atoms with E-state index < -0.39 is 12.0 Å². The van der Waals surface area contributed by atoms with E-state index in [1.807, 2.05) is 31.2 Å². The van der Waals surface area contributed by atoms with Crippen LogP contribution in [0, 0.1) is 6.92 Å². The zero-order valence-corrected chi connectivity index (χ0v) is 11.1. The first kappa shape index (κ1) is 13.2. The molecule has 0 saturated carbocycles. The molecule has 4 nitrogen and oxygen atoms in total. The standard InChI is InChI=1S/C11H12NO3.Fm/c1-8-3-2-4-9(5-8)6-10(11(14)15)12-7-13;/h2-5,10H,6H2,1H3,(H,12,13)(H,14,15);/q-1;/t10-;/m0./s1. The second-order valence-corrected chi connectivity index (χ2v) is 3.33. The maximum atomic E-state index is 10.7. The van der Waals surface area contributed by atoms with Crippen molar-refractivity contribution in [1.82, 2.24) is 5.32 Å². The number of nitrogens with one attached hydrogen (secondary N) is 1. The third-order valence-corrected chi connectivity index (χ3v) is 2.05. The van der Waals surface area contributed by atoms with Crippen LogP contribution in [-0.4, -0.2) is 23.5 Å². The fourth-order valence-electron chi connectivity index (χ4n) is 1.35. The number of aryl methyl sites for hydroxylation is 1. The zero-order chi connectivity index (χ0) is 11.3. The van der Waals surface area contributed by atoms with Crippen LogP contribution < -0.4 is 5.32 Å². The smallest absolute Gasteiger partial charge is 0.323 e. The van der Waals surface area contributed by atoms with E-state index >= 15 is 0 Å². The zero-order valence-electron chi connectivity index (χ0n) is 8.65. The van der Waals surface area contributed by atoms with E-state index in [0.717, 1.165) is 11.1 Å². The number of carbonyl (C=O) groups is 1. The van der Waals surface area contributed by atoms with Crippen molar-refractivity contribution in [3.05, 3.63) is 35.4 Å².